The number of likely N-dealkylation sites (tertiary alicyclic amines) is 1. The van der Waals surface area contributed by atoms with Crippen molar-refractivity contribution in [3.05, 3.63) is 29.1 Å². The fourth-order valence-corrected chi connectivity index (χ4v) is 2.81. The molecular formula is C16H24N4. The van der Waals surface area contributed by atoms with E-state index in [1.165, 1.54) is 38.8 Å². The molecule has 1 aromatic heterocycles. The predicted octanol–water partition coefficient (Wildman–Crippen LogP) is 3.39. The Balaban J connectivity index is 1.68. The summed E-state index contributed by atoms with van der Waals surface area (Å²) in [6.45, 7) is 11.4. The minimum Gasteiger partial charge on any atom is -0.306 e. The van der Waals surface area contributed by atoms with Gasteiger partial charge in [-0.1, -0.05) is 12.8 Å². The molecule has 0 N–H and O–H groups in total. The minimum atomic E-state index is 0.570. The number of aryl methyl sites for hydroxylation is 2. The van der Waals surface area contributed by atoms with Crippen LogP contribution in [0.3, 0.4) is 0 Å². The average Bonchev–Trinajstić information content (AvgIpc) is 2.46. The second-order valence-corrected chi connectivity index (χ2v) is 5.86. The first-order valence-electron chi connectivity index (χ1n) is 7.57. The molecule has 20 heavy (non-hydrogen) atoms. The lowest BCUT2D eigenvalue weighted by Crippen LogP contribution is -2.30. The third-order valence-electron chi connectivity index (χ3n) is 4.22. The SMILES string of the molecule is [C-]#[N+]c1cnc(CCCCC2CCN(C)CC2)nc1C. The van der Waals surface area contributed by atoms with Crippen molar-refractivity contribution in [1.29, 1.82) is 0 Å². The molecule has 4 nitrogen and oxygen atoms in total. The number of rotatable bonds is 5. The molecule has 0 amide bonds. The van der Waals surface area contributed by atoms with E-state index in [1.807, 2.05) is 6.92 Å². The molecule has 1 saturated heterocycles. The summed E-state index contributed by atoms with van der Waals surface area (Å²) in [4.78, 5) is 14.5. The highest BCUT2D eigenvalue weighted by atomic mass is 15.1. The van der Waals surface area contributed by atoms with Crippen LogP contribution in [0.4, 0.5) is 5.69 Å². The first-order chi connectivity index (χ1) is 9.69. The van der Waals surface area contributed by atoms with E-state index in [0.29, 0.717) is 5.69 Å². The van der Waals surface area contributed by atoms with Crippen molar-refractivity contribution < 1.29 is 0 Å². The van der Waals surface area contributed by atoms with Crippen molar-refractivity contribution >= 4 is 5.69 Å². The van der Waals surface area contributed by atoms with Gasteiger partial charge in [-0.15, -0.1) is 0 Å². The molecule has 1 fully saturated rings. The zero-order valence-electron chi connectivity index (χ0n) is 12.6. The molecule has 1 aliphatic rings. The van der Waals surface area contributed by atoms with Gasteiger partial charge < -0.3 is 4.90 Å². The van der Waals surface area contributed by atoms with Crippen molar-refractivity contribution in [2.24, 2.45) is 5.92 Å². The Morgan fingerprint density at radius 1 is 1.35 bits per heavy atom. The summed E-state index contributed by atoms with van der Waals surface area (Å²) in [5.41, 5.74) is 1.38. The number of hydrogen-bond acceptors (Lipinski definition) is 3. The van der Waals surface area contributed by atoms with Gasteiger partial charge >= 0.3 is 0 Å². The van der Waals surface area contributed by atoms with Gasteiger partial charge in [-0.25, -0.2) is 9.83 Å². The van der Waals surface area contributed by atoms with Gasteiger partial charge in [0, 0.05) is 18.3 Å². The molecule has 0 bridgehead atoms. The fourth-order valence-electron chi connectivity index (χ4n) is 2.81. The van der Waals surface area contributed by atoms with Crippen molar-refractivity contribution in [2.45, 2.75) is 45.4 Å². The Kier molecular flexibility index (Phi) is 5.49. The van der Waals surface area contributed by atoms with Gasteiger partial charge in [0.1, 0.15) is 5.82 Å². The van der Waals surface area contributed by atoms with Crippen molar-refractivity contribution in [3.63, 3.8) is 0 Å². The number of unbranched alkanes of at least 4 members (excludes halogenated alkanes) is 1. The van der Waals surface area contributed by atoms with Crippen LogP contribution in [-0.2, 0) is 6.42 Å². The summed E-state index contributed by atoms with van der Waals surface area (Å²) in [6.07, 6.45) is 9.06. The highest BCUT2D eigenvalue weighted by Gasteiger charge is 2.15. The quantitative estimate of drug-likeness (QED) is 0.608. The molecule has 1 aliphatic heterocycles. The summed E-state index contributed by atoms with van der Waals surface area (Å²) in [5.74, 6) is 1.80. The molecule has 1 aromatic rings. The summed E-state index contributed by atoms with van der Waals surface area (Å²) in [7, 11) is 2.21. The Hall–Kier alpha value is -1.47. The van der Waals surface area contributed by atoms with Crippen LogP contribution in [0.15, 0.2) is 6.20 Å². The highest BCUT2D eigenvalue weighted by molar-refractivity contribution is 5.45. The van der Waals surface area contributed by atoms with Crippen LogP contribution in [0.5, 0.6) is 0 Å². The summed E-state index contributed by atoms with van der Waals surface area (Å²) in [6, 6.07) is 0. The predicted molar refractivity (Wildman–Crippen MR) is 80.8 cm³/mol. The second-order valence-electron chi connectivity index (χ2n) is 5.86. The molecule has 0 radical (unpaired) electrons. The Bertz CT molecular complexity index is 470. The molecule has 2 heterocycles. The van der Waals surface area contributed by atoms with Crippen LogP contribution in [0.25, 0.3) is 4.85 Å². The zero-order valence-corrected chi connectivity index (χ0v) is 12.6. The van der Waals surface area contributed by atoms with E-state index < -0.39 is 0 Å². The maximum Gasteiger partial charge on any atom is 0.225 e. The molecular weight excluding hydrogens is 248 g/mol. The fraction of sp³-hybridized carbons (Fsp3) is 0.688. The Morgan fingerprint density at radius 2 is 2.10 bits per heavy atom. The molecule has 0 aliphatic carbocycles. The van der Waals surface area contributed by atoms with E-state index in [1.54, 1.807) is 6.20 Å². The van der Waals surface area contributed by atoms with Gasteiger partial charge in [0.15, 0.2) is 0 Å². The number of hydrogen-bond donors (Lipinski definition) is 0. The second kappa shape index (κ2) is 7.35. The summed E-state index contributed by atoms with van der Waals surface area (Å²) < 4.78 is 0. The molecule has 0 saturated carbocycles. The molecule has 2 rings (SSSR count). The monoisotopic (exact) mass is 272 g/mol. The van der Waals surface area contributed by atoms with Gasteiger partial charge in [-0.2, -0.15) is 0 Å². The summed E-state index contributed by atoms with van der Waals surface area (Å²) >= 11 is 0. The topological polar surface area (TPSA) is 33.4 Å². The average molecular weight is 272 g/mol. The van der Waals surface area contributed by atoms with E-state index in [0.717, 1.165) is 30.3 Å². The normalized spacial score (nSPS) is 17.1. The molecule has 0 spiro atoms. The van der Waals surface area contributed by atoms with Gasteiger partial charge in [0.05, 0.1) is 6.57 Å². The molecule has 0 unspecified atom stereocenters. The van der Waals surface area contributed by atoms with Crippen molar-refractivity contribution in [1.82, 2.24) is 14.9 Å². The lowest BCUT2D eigenvalue weighted by molar-refractivity contribution is 0.209. The van der Waals surface area contributed by atoms with Crippen LogP contribution in [-0.4, -0.2) is 35.0 Å². The van der Waals surface area contributed by atoms with Crippen LogP contribution in [0.2, 0.25) is 0 Å². The lowest BCUT2D eigenvalue weighted by atomic mass is 9.91. The maximum atomic E-state index is 6.99. The third-order valence-corrected chi connectivity index (χ3v) is 4.22. The summed E-state index contributed by atoms with van der Waals surface area (Å²) in [5, 5.41) is 0. The number of piperidine rings is 1. The highest BCUT2D eigenvalue weighted by Crippen LogP contribution is 2.22. The van der Waals surface area contributed by atoms with E-state index in [2.05, 4.69) is 26.8 Å². The van der Waals surface area contributed by atoms with Crippen molar-refractivity contribution in [3.8, 4) is 0 Å². The zero-order chi connectivity index (χ0) is 14.4. The molecule has 0 atom stereocenters. The third kappa shape index (κ3) is 4.28. The first-order valence-corrected chi connectivity index (χ1v) is 7.57. The number of nitrogens with zero attached hydrogens (tertiary/aromatic N) is 4. The maximum absolute atomic E-state index is 6.99. The van der Waals surface area contributed by atoms with E-state index in [-0.39, 0.29) is 0 Å². The number of aromatic nitrogens is 2. The van der Waals surface area contributed by atoms with E-state index in [9.17, 15) is 0 Å². The minimum absolute atomic E-state index is 0.570. The van der Waals surface area contributed by atoms with Gasteiger partial charge in [0.2, 0.25) is 5.69 Å². The molecule has 4 heteroatoms. The van der Waals surface area contributed by atoms with Crippen LogP contribution >= 0.6 is 0 Å². The van der Waals surface area contributed by atoms with Gasteiger partial charge in [-0.05, 0) is 52.2 Å². The molecule has 108 valence electrons. The van der Waals surface area contributed by atoms with Crippen LogP contribution in [0, 0.1) is 19.4 Å². The molecule has 0 aromatic carbocycles. The largest absolute Gasteiger partial charge is 0.306 e. The lowest BCUT2D eigenvalue weighted by Gasteiger charge is -2.28. The first kappa shape index (κ1) is 14.9. The van der Waals surface area contributed by atoms with E-state index in [4.69, 9.17) is 6.57 Å². The standard InChI is InChI=1S/C16H24N4/c1-13-15(17-2)12-18-16(19-13)7-5-4-6-14-8-10-20(3)11-9-14/h12,14H,4-11H2,1,3H3. The van der Waals surface area contributed by atoms with Crippen LogP contribution in [0.1, 0.15) is 43.6 Å². The Morgan fingerprint density at radius 3 is 2.75 bits per heavy atom. The van der Waals surface area contributed by atoms with Crippen molar-refractivity contribution in [2.75, 3.05) is 20.1 Å². The van der Waals surface area contributed by atoms with Crippen LogP contribution < -0.4 is 0 Å². The van der Waals surface area contributed by atoms with E-state index >= 15 is 0 Å². The van der Waals surface area contributed by atoms with Gasteiger partial charge in [-0.3, -0.25) is 4.98 Å². The smallest absolute Gasteiger partial charge is 0.225 e. The van der Waals surface area contributed by atoms with Gasteiger partial charge in [0.25, 0.3) is 0 Å². The Labute approximate surface area is 122 Å².